The SMILES string of the molecule is C=C(N)/C=N\N(CCl)c1ccc(Cl)cc1. The van der Waals surface area contributed by atoms with Crippen molar-refractivity contribution in [2.75, 3.05) is 11.0 Å². The molecular weight excluding hydrogens is 233 g/mol. The maximum absolute atomic E-state index is 5.76. The Morgan fingerprint density at radius 2 is 2.07 bits per heavy atom. The number of halogens is 2. The number of nitrogens with two attached hydrogens (primary N) is 1. The van der Waals surface area contributed by atoms with Gasteiger partial charge in [0.05, 0.1) is 11.9 Å². The molecule has 1 aromatic carbocycles. The highest BCUT2D eigenvalue weighted by molar-refractivity contribution is 6.30. The summed E-state index contributed by atoms with van der Waals surface area (Å²) in [5, 5.41) is 6.30. The molecule has 0 bridgehead atoms. The monoisotopic (exact) mass is 243 g/mol. The van der Waals surface area contributed by atoms with Gasteiger partial charge in [-0.25, -0.2) is 0 Å². The number of hydrogen-bond donors (Lipinski definition) is 1. The van der Waals surface area contributed by atoms with Gasteiger partial charge in [-0.05, 0) is 24.3 Å². The quantitative estimate of drug-likeness (QED) is 0.383. The van der Waals surface area contributed by atoms with Gasteiger partial charge >= 0.3 is 0 Å². The van der Waals surface area contributed by atoms with E-state index in [-0.39, 0.29) is 6.00 Å². The fourth-order valence-electron chi connectivity index (χ4n) is 0.924. The lowest BCUT2D eigenvalue weighted by atomic mass is 10.3. The zero-order valence-corrected chi connectivity index (χ0v) is 9.54. The number of alkyl halides is 1. The molecule has 0 fully saturated rings. The standard InChI is InChI=1S/C10H11Cl2N3/c1-8(13)6-14-15(7-11)10-4-2-9(12)3-5-10/h2-6H,1,7,13H2/b14-6-. The third-order valence-corrected chi connectivity index (χ3v) is 2.08. The Balaban J connectivity index is 2.83. The second kappa shape index (κ2) is 5.63. The van der Waals surface area contributed by atoms with Crippen molar-refractivity contribution >= 4 is 35.1 Å². The third kappa shape index (κ3) is 3.81. The van der Waals surface area contributed by atoms with E-state index in [9.17, 15) is 0 Å². The van der Waals surface area contributed by atoms with Gasteiger partial charge in [-0.1, -0.05) is 18.2 Å². The minimum atomic E-state index is 0.228. The Hall–Kier alpha value is -1.19. The van der Waals surface area contributed by atoms with Crippen molar-refractivity contribution in [1.29, 1.82) is 0 Å². The highest BCUT2D eigenvalue weighted by Crippen LogP contribution is 2.18. The third-order valence-electron chi connectivity index (χ3n) is 1.60. The number of rotatable bonds is 4. The number of hydrogen-bond acceptors (Lipinski definition) is 3. The first-order valence-corrected chi connectivity index (χ1v) is 5.12. The summed E-state index contributed by atoms with van der Waals surface area (Å²) in [7, 11) is 0. The first kappa shape index (κ1) is 11.9. The van der Waals surface area contributed by atoms with Gasteiger partial charge in [0.1, 0.15) is 6.00 Å². The van der Waals surface area contributed by atoms with Crippen molar-refractivity contribution in [3.05, 3.63) is 41.6 Å². The van der Waals surface area contributed by atoms with E-state index >= 15 is 0 Å². The van der Waals surface area contributed by atoms with Gasteiger partial charge < -0.3 is 5.73 Å². The van der Waals surface area contributed by atoms with Gasteiger partial charge in [-0.3, -0.25) is 5.01 Å². The molecule has 5 heteroatoms. The minimum Gasteiger partial charge on any atom is -0.398 e. The molecule has 0 heterocycles. The summed E-state index contributed by atoms with van der Waals surface area (Å²) < 4.78 is 0. The van der Waals surface area contributed by atoms with Crippen molar-refractivity contribution < 1.29 is 0 Å². The van der Waals surface area contributed by atoms with E-state index in [2.05, 4.69) is 11.7 Å². The second-order valence-corrected chi connectivity index (χ2v) is 3.49. The first-order chi connectivity index (χ1) is 7.13. The number of allylic oxidation sites excluding steroid dienone is 1. The van der Waals surface area contributed by atoms with E-state index in [0.29, 0.717) is 10.7 Å². The lowest BCUT2D eigenvalue weighted by Crippen LogP contribution is -2.14. The molecule has 0 atom stereocenters. The van der Waals surface area contributed by atoms with Crippen molar-refractivity contribution in [3.8, 4) is 0 Å². The molecule has 0 saturated heterocycles. The van der Waals surface area contributed by atoms with Crippen LogP contribution in [0.1, 0.15) is 0 Å². The molecule has 0 aromatic heterocycles. The summed E-state index contributed by atoms with van der Waals surface area (Å²) in [6.07, 6.45) is 1.44. The topological polar surface area (TPSA) is 41.6 Å². The molecule has 0 unspecified atom stereocenters. The highest BCUT2D eigenvalue weighted by atomic mass is 35.5. The Kier molecular flexibility index (Phi) is 4.46. The van der Waals surface area contributed by atoms with Gasteiger partial charge in [-0.2, -0.15) is 5.10 Å². The Labute approximate surface area is 98.8 Å². The summed E-state index contributed by atoms with van der Waals surface area (Å²) in [6, 6.07) is 7.40. The van der Waals surface area contributed by atoms with Crippen molar-refractivity contribution in [2.45, 2.75) is 0 Å². The van der Waals surface area contributed by atoms with Gasteiger partial charge in [-0.15, -0.1) is 11.6 Å². The predicted octanol–water partition coefficient (Wildman–Crippen LogP) is 2.80. The van der Waals surface area contributed by atoms with E-state index < -0.39 is 0 Å². The van der Waals surface area contributed by atoms with Gasteiger partial charge in [0.25, 0.3) is 0 Å². The summed E-state index contributed by atoms with van der Waals surface area (Å²) in [5.74, 6) is 0. The van der Waals surface area contributed by atoms with Crippen LogP contribution >= 0.6 is 23.2 Å². The Morgan fingerprint density at radius 1 is 1.47 bits per heavy atom. The molecule has 1 aromatic rings. The summed E-state index contributed by atoms with van der Waals surface area (Å²) >= 11 is 11.5. The van der Waals surface area contributed by atoms with Gasteiger partial charge in [0, 0.05) is 10.7 Å². The Bertz CT molecular complexity index is 359. The van der Waals surface area contributed by atoms with Crippen molar-refractivity contribution in [2.24, 2.45) is 10.8 Å². The van der Waals surface area contributed by atoms with Crippen molar-refractivity contribution in [3.63, 3.8) is 0 Å². The lowest BCUT2D eigenvalue weighted by molar-refractivity contribution is 0.989. The molecule has 0 spiro atoms. The molecule has 0 aliphatic carbocycles. The normalized spacial score (nSPS) is 10.5. The molecule has 0 aliphatic rings. The van der Waals surface area contributed by atoms with E-state index in [1.54, 1.807) is 17.1 Å². The molecule has 80 valence electrons. The zero-order valence-electron chi connectivity index (χ0n) is 8.03. The van der Waals surface area contributed by atoms with E-state index in [4.69, 9.17) is 28.9 Å². The smallest absolute Gasteiger partial charge is 0.115 e. The minimum absolute atomic E-state index is 0.228. The van der Waals surface area contributed by atoms with Crippen molar-refractivity contribution in [1.82, 2.24) is 0 Å². The lowest BCUT2D eigenvalue weighted by Gasteiger charge is -2.15. The van der Waals surface area contributed by atoms with Crippen LogP contribution in [0.4, 0.5) is 5.69 Å². The summed E-state index contributed by atoms with van der Waals surface area (Å²) in [4.78, 5) is 0. The molecule has 0 aliphatic heterocycles. The van der Waals surface area contributed by atoms with Crippen LogP contribution in [0.15, 0.2) is 41.6 Å². The van der Waals surface area contributed by atoms with Crippen LogP contribution in [-0.4, -0.2) is 12.2 Å². The Morgan fingerprint density at radius 3 is 2.53 bits per heavy atom. The van der Waals surface area contributed by atoms with Crippen LogP contribution in [0.3, 0.4) is 0 Å². The second-order valence-electron chi connectivity index (χ2n) is 2.81. The highest BCUT2D eigenvalue weighted by Gasteiger charge is 2.01. The van der Waals surface area contributed by atoms with Crippen LogP contribution in [0.2, 0.25) is 5.02 Å². The summed E-state index contributed by atoms with van der Waals surface area (Å²) in [5.41, 5.74) is 6.58. The van der Waals surface area contributed by atoms with E-state index in [1.165, 1.54) is 6.21 Å². The van der Waals surface area contributed by atoms with Gasteiger partial charge in [0.15, 0.2) is 0 Å². The van der Waals surface area contributed by atoms with Crippen LogP contribution in [0.25, 0.3) is 0 Å². The largest absolute Gasteiger partial charge is 0.398 e. The molecule has 0 saturated carbocycles. The first-order valence-electron chi connectivity index (χ1n) is 4.21. The van der Waals surface area contributed by atoms with E-state index in [0.717, 1.165) is 5.69 Å². The number of benzene rings is 1. The number of hydrazone groups is 1. The average molecular weight is 244 g/mol. The molecular formula is C10H11Cl2N3. The van der Waals surface area contributed by atoms with Crippen LogP contribution < -0.4 is 10.7 Å². The maximum Gasteiger partial charge on any atom is 0.115 e. The molecule has 2 N–H and O–H groups in total. The summed E-state index contributed by atoms with van der Waals surface area (Å²) in [6.45, 7) is 3.51. The molecule has 0 amide bonds. The van der Waals surface area contributed by atoms with Crippen LogP contribution in [-0.2, 0) is 0 Å². The maximum atomic E-state index is 5.76. The molecule has 0 radical (unpaired) electrons. The fourth-order valence-corrected chi connectivity index (χ4v) is 1.25. The van der Waals surface area contributed by atoms with Gasteiger partial charge in [0.2, 0.25) is 0 Å². The number of anilines is 1. The van der Waals surface area contributed by atoms with E-state index in [1.807, 2.05) is 12.1 Å². The zero-order chi connectivity index (χ0) is 11.3. The molecule has 3 nitrogen and oxygen atoms in total. The van der Waals surface area contributed by atoms with Crippen LogP contribution in [0, 0.1) is 0 Å². The van der Waals surface area contributed by atoms with Crippen LogP contribution in [0.5, 0.6) is 0 Å². The molecule has 15 heavy (non-hydrogen) atoms. The number of nitrogens with zero attached hydrogens (tertiary/aromatic N) is 2. The average Bonchev–Trinajstić information content (AvgIpc) is 2.21. The molecule has 1 rings (SSSR count). The predicted molar refractivity (Wildman–Crippen MR) is 66.5 cm³/mol. The fraction of sp³-hybridized carbons (Fsp3) is 0.100.